The lowest BCUT2D eigenvalue weighted by Crippen LogP contribution is -2.24. The van der Waals surface area contributed by atoms with Crippen molar-refractivity contribution in [2.75, 3.05) is 6.54 Å². The Labute approximate surface area is 111 Å². The Balaban J connectivity index is 2.72. The first kappa shape index (κ1) is 16.0. The first-order valence-electron chi connectivity index (χ1n) is 6.32. The van der Waals surface area contributed by atoms with E-state index in [9.17, 15) is 17.6 Å². The van der Waals surface area contributed by atoms with Crippen LogP contribution in [0.2, 0.25) is 0 Å². The molecule has 19 heavy (non-hydrogen) atoms. The molecule has 1 aromatic rings. The number of hydrogen-bond acceptors (Lipinski definition) is 1. The molecule has 0 bridgehead atoms. The summed E-state index contributed by atoms with van der Waals surface area (Å²) in [6, 6.07) is 3.52. The Morgan fingerprint density at radius 2 is 1.79 bits per heavy atom. The minimum atomic E-state index is -4.63. The summed E-state index contributed by atoms with van der Waals surface area (Å²) in [7, 11) is 0. The Kier molecular flexibility index (Phi) is 5.35. The highest BCUT2D eigenvalue weighted by Gasteiger charge is 2.34. The van der Waals surface area contributed by atoms with Crippen molar-refractivity contribution in [3.8, 4) is 0 Å². The van der Waals surface area contributed by atoms with Crippen molar-refractivity contribution in [2.45, 2.75) is 45.3 Å². The van der Waals surface area contributed by atoms with Crippen LogP contribution >= 0.6 is 0 Å². The van der Waals surface area contributed by atoms with Crippen molar-refractivity contribution >= 4 is 0 Å². The quantitative estimate of drug-likeness (QED) is 0.790. The van der Waals surface area contributed by atoms with E-state index in [1.54, 1.807) is 0 Å². The van der Waals surface area contributed by atoms with Gasteiger partial charge in [-0.3, -0.25) is 0 Å². The molecule has 0 amide bonds. The predicted molar refractivity (Wildman–Crippen MR) is 67.6 cm³/mol. The molecular weight excluding hydrogens is 258 g/mol. The fraction of sp³-hybridized carbons (Fsp3) is 0.571. The smallest absolute Gasteiger partial charge is 0.315 e. The average Bonchev–Trinajstić information content (AvgIpc) is 2.26. The maximum absolute atomic E-state index is 13.4. The van der Waals surface area contributed by atoms with E-state index in [1.165, 1.54) is 6.07 Å². The third kappa shape index (κ3) is 4.82. The molecule has 108 valence electrons. The zero-order valence-corrected chi connectivity index (χ0v) is 11.3. The fourth-order valence-electron chi connectivity index (χ4n) is 1.82. The number of hydrogen-bond donors (Lipinski definition) is 1. The third-order valence-corrected chi connectivity index (χ3v) is 3.00. The zero-order chi connectivity index (χ0) is 14.6. The van der Waals surface area contributed by atoms with Crippen molar-refractivity contribution in [3.63, 3.8) is 0 Å². The number of benzene rings is 1. The third-order valence-electron chi connectivity index (χ3n) is 3.00. The highest BCUT2D eigenvalue weighted by atomic mass is 19.4. The monoisotopic (exact) mass is 277 g/mol. The van der Waals surface area contributed by atoms with Gasteiger partial charge in [0.2, 0.25) is 0 Å². The van der Waals surface area contributed by atoms with Crippen LogP contribution < -0.4 is 5.32 Å². The maximum atomic E-state index is 13.4. The molecule has 0 heterocycles. The molecule has 0 radical (unpaired) electrons. The van der Waals surface area contributed by atoms with E-state index in [1.807, 2.05) is 20.8 Å². The Hall–Kier alpha value is -1.10. The number of nitrogens with one attached hydrogen (secondary N) is 1. The summed E-state index contributed by atoms with van der Waals surface area (Å²) in [6.07, 6.45) is -3.88. The van der Waals surface area contributed by atoms with Crippen LogP contribution in [0.5, 0.6) is 0 Å². The van der Waals surface area contributed by atoms with Gasteiger partial charge in [-0.05, 0) is 36.6 Å². The molecule has 1 N–H and O–H groups in total. The average molecular weight is 277 g/mol. The van der Waals surface area contributed by atoms with Crippen molar-refractivity contribution in [1.29, 1.82) is 0 Å². The second-order valence-electron chi connectivity index (χ2n) is 5.04. The van der Waals surface area contributed by atoms with Crippen LogP contribution in [-0.4, -0.2) is 12.6 Å². The Morgan fingerprint density at radius 1 is 1.16 bits per heavy atom. The molecular formula is C14H19F4N. The van der Waals surface area contributed by atoms with Crippen LogP contribution in [0.3, 0.4) is 0 Å². The van der Waals surface area contributed by atoms with Crippen LogP contribution in [0.1, 0.15) is 44.2 Å². The van der Waals surface area contributed by atoms with E-state index in [2.05, 4.69) is 5.32 Å². The minimum absolute atomic E-state index is 0.0167. The van der Waals surface area contributed by atoms with Crippen molar-refractivity contribution in [2.24, 2.45) is 0 Å². The summed E-state index contributed by atoms with van der Waals surface area (Å²) in [6.45, 7) is 6.66. The molecule has 1 aromatic carbocycles. The molecule has 0 fully saturated rings. The Morgan fingerprint density at radius 3 is 2.26 bits per heavy atom. The molecule has 0 saturated carbocycles. The highest BCUT2D eigenvalue weighted by Crippen LogP contribution is 2.33. The summed E-state index contributed by atoms with van der Waals surface area (Å²) < 4.78 is 50.7. The van der Waals surface area contributed by atoms with Gasteiger partial charge in [0.1, 0.15) is 5.82 Å². The zero-order valence-electron chi connectivity index (χ0n) is 11.3. The lowest BCUT2D eigenvalue weighted by molar-refractivity contribution is -0.140. The molecule has 1 atom stereocenters. The standard InChI is InChI=1S/C14H19F4N/c1-9(2)19-7-6-10(3)11-4-5-12(13(15)8-11)14(16,17)18/h4-5,8-10,19H,6-7H2,1-3H3. The van der Waals surface area contributed by atoms with Crippen LogP contribution in [0.15, 0.2) is 18.2 Å². The van der Waals surface area contributed by atoms with Gasteiger partial charge in [0.05, 0.1) is 5.56 Å². The van der Waals surface area contributed by atoms with Gasteiger partial charge in [0.15, 0.2) is 0 Å². The van der Waals surface area contributed by atoms with Crippen LogP contribution in [-0.2, 0) is 6.18 Å². The Bertz CT molecular complexity index is 412. The SMILES string of the molecule is CC(C)NCCC(C)c1ccc(C(F)(F)F)c(F)c1. The van der Waals surface area contributed by atoms with Crippen LogP contribution in [0.25, 0.3) is 0 Å². The van der Waals surface area contributed by atoms with Gasteiger partial charge < -0.3 is 5.32 Å². The van der Waals surface area contributed by atoms with Crippen molar-refractivity contribution in [1.82, 2.24) is 5.32 Å². The lowest BCUT2D eigenvalue weighted by atomic mass is 9.96. The first-order valence-corrected chi connectivity index (χ1v) is 6.32. The fourth-order valence-corrected chi connectivity index (χ4v) is 1.82. The summed E-state index contributed by atoms with van der Waals surface area (Å²) in [5, 5.41) is 3.22. The molecule has 1 nitrogen and oxygen atoms in total. The molecule has 0 aromatic heterocycles. The molecule has 0 aliphatic heterocycles. The topological polar surface area (TPSA) is 12.0 Å². The van der Waals surface area contributed by atoms with Gasteiger partial charge in [-0.25, -0.2) is 4.39 Å². The van der Waals surface area contributed by atoms with E-state index in [0.717, 1.165) is 25.1 Å². The number of alkyl halides is 3. The molecule has 0 aliphatic rings. The van der Waals surface area contributed by atoms with Gasteiger partial charge in [-0.2, -0.15) is 13.2 Å². The van der Waals surface area contributed by atoms with Gasteiger partial charge in [0.25, 0.3) is 0 Å². The van der Waals surface area contributed by atoms with Crippen molar-refractivity contribution in [3.05, 3.63) is 35.1 Å². The summed E-state index contributed by atoms with van der Waals surface area (Å²) >= 11 is 0. The largest absolute Gasteiger partial charge is 0.419 e. The second kappa shape index (κ2) is 6.37. The van der Waals surface area contributed by atoms with Crippen molar-refractivity contribution < 1.29 is 17.6 Å². The molecule has 5 heteroatoms. The second-order valence-corrected chi connectivity index (χ2v) is 5.04. The van der Waals surface area contributed by atoms with E-state index < -0.39 is 17.6 Å². The predicted octanol–water partition coefficient (Wildman–Crippen LogP) is 4.34. The van der Waals surface area contributed by atoms with Crippen LogP contribution in [0, 0.1) is 5.82 Å². The summed E-state index contributed by atoms with van der Waals surface area (Å²) in [5.74, 6) is -1.18. The molecule has 0 aliphatic carbocycles. The van der Waals surface area contributed by atoms with Gasteiger partial charge in [0, 0.05) is 6.04 Å². The van der Waals surface area contributed by atoms with E-state index in [4.69, 9.17) is 0 Å². The number of rotatable bonds is 5. The van der Waals surface area contributed by atoms with Gasteiger partial charge >= 0.3 is 6.18 Å². The number of halogens is 4. The summed E-state index contributed by atoms with van der Waals surface area (Å²) in [5.41, 5.74) is -0.611. The lowest BCUT2D eigenvalue weighted by Gasteiger charge is -2.15. The van der Waals surface area contributed by atoms with Gasteiger partial charge in [-0.15, -0.1) is 0 Å². The normalized spacial score (nSPS) is 13.9. The molecule has 0 spiro atoms. The summed E-state index contributed by atoms with van der Waals surface area (Å²) in [4.78, 5) is 0. The van der Waals surface area contributed by atoms with Crippen LogP contribution in [0.4, 0.5) is 17.6 Å². The van der Waals surface area contributed by atoms with E-state index in [0.29, 0.717) is 11.6 Å². The molecule has 1 rings (SSSR count). The molecule has 0 saturated heterocycles. The van der Waals surface area contributed by atoms with Gasteiger partial charge in [-0.1, -0.05) is 26.8 Å². The van der Waals surface area contributed by atoms with E-state index >= 15 is 0 Å². The first-order chi connectivity index (χ1) is 8.71. The maximum Gasteiger partial charge on any atom is 0.419 e. The van der Waals surface area contributed by atoms with E-state index in [-0.39, 0.29) is 5.92 Å². The highest BCUT2D eigenvalue weighted by molar-refractivity contribution is 5.28. The molecule has 1 unspecified atom stereocenters. The minimum Gasteiger partial charge on any atom is -0.315 e.